The van der Waals surface area contributed by atoms with Crippen LogP contribution in [0, 0.1) is 11.7 Å². The minimum absolute atomic E-state index is 0.163. The van der Waals surface area contributed by atoms with E-state index in [0.717, 1.165) is 10.1 Å². The second-order valence-corrected chi connectivity index (χ2v) is 11.3. The first-order valence-electron chi connectivity index (χ1n) is 11.9. The van der Waals surface area contributed by atoms with Crippen LogP contribution >= 0.6 is 34.9 Å². The van der Waals surface area contributed by atoms with Gasteiger partial charge in [-0.1, -0.05) is 43.6 Å². The molecule has 1 heterocycles. The summed E-state index contributed by atoms with van der Waals surface area (Å²) in [6.07, 6.45) is 0.504. The van der Waals surface area contributed by atoms with E-state index >= 15 is 0 Å². The number of hydrogen-bond acceptors (Lipinski definition) is 7. The lowest BCUT2D eigenvalue weighted by Crippen LogP contribution is -2.49. The van der Waals surface area contributed by atoms with E-state index in [1.807, 2.05) is 44.2 Å². The molecule has 0 aliphatic heterocycles. The minimum atomic E-state index is -0.707. The highest BCUT2D eigenvalue weighted by Crippen LogP contribution is 2.26. The zero-order chi connectivity index (χ0) is 26.8. The Kier molecular flexibility index (Phi) is 11.6. The second-order valence-electron chi connectivity index (χ2n) is 8.83. The molecular formula is C26H31ClFN3O4S2. The van der Waals surface area contributed by atoms with E-state index in [1.54, 1.807) is 6.07 Å². The van der Waals surface area contributed by atoms with Gasteiger partial charge in [0.15, 0.2) is 0 Å². The lowest BCUT2D eigenvalue weighted by Gasteiger charge is -2.22. The van der Waals surface area contributed by atoms with Gasteiger partial charge < -0.3 is 20.5 Å². The molecule has 0 aliphatic rings. The van der Waals surface area contributed by atoms with Crippen molar-refractivity contribution in [1.82, 2.24) is 15.4 Å². The van der Waals surface area contributed by atoms with Crippen molar-refractivity contribution in [2.45, 2.75) is 43.7 Å². The number of aliphatic hydroxyl groups excluding tert-OH is 1. The molecule has 3 aromatic rings. The zero-order valence-electron chi connectivity index (χ0n) is 20.6. The number of fused-ring (bicyclic) bond motifs is 1. The molecule has 200 valence electrons. The fraction of sp³-hybridized carbons (Fsp3) is 0.385. The van der Waals surface area contributed by atoms with Crippen LogP contribution in [0.5, 0.6) is 0 Å². The summed E-state index contributed by atoms with van der Waals surface area (Å²) < 4.78 is 22.7. The van der Waals surface area contributed by atoms with Crippen LogP contribution in [0.2, 0.25) is 5.02 Å². The molecule has 0 bridgehead atoms. The van der Waals surface area contributed by atoms with E-state index < -0.39 is 24.8 Å². The average Bonchev–Trinajstić information content (AvgIpc) is 3.30. The Bertz CT molecular complexity index is 1160. The van der Waals surface area contributed by atoms with Gasteiger partial charge in [0.2, 0.25) is 5.91 Å². The lowest BCUT2D eigenvalue weighted by molar-refractivity contribution is -0.124. The molecule has 0 aliphatic carbocycles. The standard InChI is InChI=1S/C26H31ClFN3O4S2/c1-16(2)11-21(31-26(34)24-12-17-5-3-4-6-22(17)36-24)25(33)29-14-19(35-15-32)9-10-30-37-23-8-7-18(28)13-20(23)27/h3-8,12-13,16,19,21,30,32H,9-11,14-15H2,1-2H3,(H,29,33)(H,31,34). The van der Waals surface area contributed by atoms with Gasteiger partial charge in [0.05, 0.1) is 16.0 Å². The summed E-state index contributed by atoms with van der Waals surface area (Å²) in [5, 5.41) is 16.3. The Morgan fingerprint density at radius 2 is 1.97 bits per heavy atom. The number of benzene rings is 2. The molecule has 1 aromatic heterocycles. The summed E-state index contributed by atoms with van der Waals surface area (Å²) in [6, 6.07) is 13.0. The first kappa shape index (κ1) is 29.3. The highest BCUT2D eigenvalue weighted by molar-refractivity contribution is 7.97. The molecule has 0 spiro atoms. The molecule has 2 unspecified atom stereocenters. The second kappa shape index (κ2) is 14.7. The number of halogens is 2. The maximum atomic E-state index is 13.2. The first-order valence-corrected chi connectivity index (χ1v) is 13.9. The van der Waals surface area contributed by atoms with Crippen LogP contribution in [-0.2, 0) is 9.53 Å². The third-order valence-corrected chi connectivity index (χ3v) is 7.90. The first-order chi connectivity index (χ1) is 17.8. The van der Waals surface area contributed by atoms with E-state index in [0.29, 0.717) is 34.2 Å². The van der Waals surface area contributed by atoms with E-state index in [1.165, 1.54) is 35.4 Å². The van der Waals surface area contributed by atoms with Crippen LogP contribution in [-0.4, -0.2) is 48.9 Å². The Balaban J connectivity index is 1.52. The summed E-state index contributed by atoms with van der Waals surface area (Å²) in [5.41, 5.74) is 0. The van der Waals surface area contributed by atoms with Crippen molar-refractivity contribution < 1.29 is 23.8 Å². The maximum Gasteiger partial charge on any atom is 0.262 e. The predicted octanol–water partition coefficient (Wildman–Crippen LogP) is 4.98. The van der Waals surface area contributed by atoms with Crippen LogP contribution < -0.4 is 15.4 Å². The molecule has 0 saturated carbocycles. The van der Waals surface area contributed by atoms with Crippen molar-refractivity contribution in [2.75, 3.05) is 19.9 Å². The van der Waals surface area contributed by atoms with Crippen molar-refractivity contribution >= 4 is 56.8 Å². The number of nitrogens with one attached hydrogen (secondary N) is 3. The zero-order valence-corrected chi connectivity index (χ0v) is 23.0. The van der Waals surface area contributed by atoms with Crippen LogP contribution in [0.4, 0.5) is 4.39 Å². The summed E-state index contributed by atoms with van der Waals surface area (Å²) in [5.74, 6) is -0.819. The maximum absolute atomic E-state index is 13.2. The predicted molar refractivity (Wildman–Crippen MR) is 147 cm³/mol. The fourth-order valence-corrected chi connectivity index (χ4v) is 5.54. The van der Waals surface area contributed by atoms with Gasteiger partial charge in [-0.15, -0.1) is 11.3 Å². The van der Waals surface area contributed by atoms with Gasteiger partial charge >= 0.3 is 0 Å². The average molecular weight is 568 g/mol. The van der Waals surface area contributed by atoms with E-state index in [4.69, 9.17) is 16.3 Å². The van der Waals surface area contributed by atoms with Crippen molar-refractivity contribution in [2.24, 2.45) is 5.92 Å². The molecule has 37 heavy (non-hydrogen) atoms. The molecule has 4 N–H and O–H groups in total. The van der Waals surface area contributed by atoms with Crippen LogP contribution in [0.1, 0.15) is 36.4 Å². The molecule has 2 amide bonds. The highest BCUT2D eigenvalue weighted by Gasteiger charge is 2.24. The molecule has 2 aromatic carbocycles. The van der Waals surface area contributed by atoms with Crippen molar-refractivity contribution in [3.8, 4) is 0 Å². The number of carbonyl (C=O) groups is 2. The van der Waals surface area contributed by atoms with Crippen LogP contribution in [0.3, 0.4) is 0 Å². The number of ether oxygens (including phenoxy) is 1. The number of hydrogen-bond donors (Lipinski definition) is 4. The lowest BCUT2D eigenvalue weighted by atomic mass is 10.0. The van der Waals surface area contributed by atoms with Gasteiger partial charge in [-0.3, -0.25) is 14.3 Å². The topological polar surface area (TPSA) is 99.7 Å². The third kappa shape index (κ3) is 9.24. The molecule has 2 atom stereocenters. The third-order valence-electron chi connectivity index (χ3n) is 5.44. The molecular weight excluding hydrogens is 537 g/mol. The molecule has 11 heteroatoms. The summed E-state index contributed by atoms with van der Waals surface area (Å²) in [4.78, 5) is 27.1. The minimum Gasteiger partial charge on any atom is -0.371 e. The van der Waals surface area contributed by atoms with Crippen LogP contribution in [0.15, 0.2) is 53.4 Å². The van der Waals surface area contributed by atoms with Gasteiger partial charge in [0.25, 0.3) is 5.91 Å². The molecule has 3 rings (SSSR count). The summed E-state index contributed by atoms with van der Waals surface area (Å²) >= 11 is 8.68. The molecule has 0 fully saturated rings. The van der Waals surface area contributed by atoms with Gasteiger partial charge in [-0.25, -0.2) is 4.39 Å². The largest absolute Gasteiger partial charge is 0.371 e. The van der Waals surface area contributed by atoms with Gasteiger partial charge in [-0.05, 0) is 66.4 Å². The van der Waals surface area contributed by atoms with Gasteiger partial charge in [-0.2, -0.15) is 0 Å². The normalized spacial score (nSPS) is 13.0. The van der Waals surface area contributed by atoms with E-state index in [-0.39, 0.29) is 24.3 Å². The number of thiophene rings is 1. The number of amides is 2. The quantitative estimate of drug-likeness (QED) is 0.125. The number of rotatable bonds is 14. The van der Waals surface area contributed by atoms with Crippen molar-refractivity contribution in [3.05, 3.63) is 64.2 Å². The van der Waals surface area contributed by atoms with Gasteiger partial charge in [0.1, 0.15) is 18.7 Å². The number of carbonyl (C=O) groups excluding carboxylic acids is 2. The van der Waals surface area contributed by atoms with E-state index in [9.17, 15) is 19.1 Å². The Labute approximate surface area is 229 Å². The fourth-order valence-electron chi connectivity index (χ4n) is 3.62. The Morgan fingerprint density at radius 1 is 1.19 bits per heavy atom. The van der Waals surface area contributed by atoms with Crippen molar-refractivity contribution in [3.63, 3.8) is 0 Å². The van der Waals surface area contributed by atoms with Crippen molar-refractivity contribution in [1.29, 1.82) is 0 Å². The molecule has 7 nitrogen and oxygen atoms in total. The SMILES string of the molecule is CC(C)CC(NC(=O)c1cc2ccccc2s1)C(=O)NCC(CCNSc1ccc(F)cc1Cl)OCO. The highest BCUT2D eigenvalue weighted by atomic mass is 35.5. The van der Waals surface area contributed by atoms with E-state index in [2.05, 4.69) is 15.4 Å². The molecule has 0 radical (unpaired) electrons. The summed E-state index contributed by atoms with van der Waals surface area (Å²) in [7, 11) is 0. The summed E-state index contributed by atoms with van der Waals surface area (Å²) in [6.45, 7) is 4.13. The Morgan fingerprint density at radius 3 is 2.68 bits per heavy atom. The van der Waals surface area contributed by atoms with Gasteiger partial charge in [0, 0.05) is 22.7 Å². The molecule has 0 saturated heterocycles. The smallest absolute Gasteiger partial charge is 0.262 e. The Hall–Kier alpha value is -2.21. The number of aliphatic hydroxyl groups is 1. The van der Waals surface area contributed by atoms with Crippen LogP contribution in [0.25, 0.3) is 10.1 Å². The monoisotopic (exact) mass is 567 g/mol.